The highest BCUT2D eigenvalue weighted by molar-refractivity contribution is 5.66. The smallest absolute Gasteiger partial charge is 0.303 e. The van der Waals surface area contributed by atoms with Gasteiger partial charge in [-0.25, -0.2) is 0 Å². The molecule has 1 atom stereocenters. The highest BCUT2D eigenvalue weighted by atomic mass is 16.5. The topological polar surface area (TPSA) is 49.8 Å². The van der Waals surface area contributed by atoms with Crippen molar-refractivity contribution < 1.29 is 14.6 Å². The molecule has 1 saturated heterocycles. The molecular weight excluding hydrogens is 194 g/mol. The Kier molecular flexibility index (Phi) is 5.65. The van der Waals surface area contributed by atoms with Crippen LogP contribution in [0.25, 0.3) is 0 Å². The van der Waals surface area contributed by atoms with Crippen LogP contribution in [0.15, 0.2) is 0 Å². The molecule has 0 aliphatic carbocycles. The van der Waals surface area contributed by atoms with Crippen molar-refractivity contribution in [3.05, 3.63) is 0 Å². The molecule has 4 nitrogen and oxygen atoms in total. The second kappa shape index (κ2) is 6.80. The van der Waals surface area contributed by atoms with Gasteiger partial charge in [0.1, 0.15) is 0 Å². The van der Waals surface area contributed by atoms with Crippen LogP contribution in [-0.2, 0) is 9.53 Å². The number of rotatable bonds is 7. The van der Waals surface area contributed by atoms with E-state index >= 15 is 0 Å². The van der Waals surface area contributed by atoms with Crippen molar-refractivity contribution in [2.24, 2.45) is 0 Å². The summed E-state index contributed by atoms with van der Waals surface area (Å²) < 4.78 is 5.01. The molecule has 0 bridgehead atoms. The molecule has 1 aliphatic rings. The van der Waals surface area contributed by atoms with Crippen molar-refractivity contribution >= 4 is 5.97 Å². The van der Waals surface area contributed by atoms with E-state index in [1.165, 1.54) is 6.42 Å². The van der Waals surface area contributed by atoms with Crippen LogP contribution in [0, 0.1) is 0 Å². The van der Waals surface area contributed by atoms with Crippen LogP contribution in [-0.4, -0.2) is 48.8 Å². The van der Waals surface area contributed by atoms with Gasteiger partial charge in [0.15, 0.2) is 0 Å². The lowest BCUT2D eigenvalue weighted by Crippen LogP contribution is -2.31. The van der Waals surface area contributed by atoms with Gasteiger partial charge in [0, 0.05) is 32.7 Å². The number of aliphatic carboxylic acids is 1. The van der Waals surface area contributed by atoms with E-state index in [1.807, 2.05) is 0 Å². The van der Waals surface area contributed by atoms with E-state index in [0.717, 1.165) is 39.0 Å². The van der Waals surface area contributed by atoms with Crippen LogP contribution < -0.4 is 0 Å². The van der Waals surface area contributed by atoms with E-state index in [4.69, 9.17) is 9.84 Å². The first-order valence-corrected chi connectivity index (χ1v) is 5.69. The summed E-state index contributed by atoms with van der Waals surface area (Å²) in [5.41, 5.74) is 0. The quantitative estimate of drug-likeness (QED) is 0.651. The number of hydrogen-bond acceptors (Lipinski definition) is 3. The summed E-state index contributed by atoms with van der Waals surface area (Å²) in [5, 5.41) is 8.64. The Morgan fingerprint density at radius 1 is 1.60 bits per heavy atom. The zero-order chi connectivity index (χ0) is 11.1. The molecule has 1 heterocycles. The van der Waals surface area contributed by atoms with E-state index in [0.29, 0.717) is 12.5 Å². The first kappa shape index (κ1) is 12.5. The standard InChI is InChI=1S/C11H21NO3/c1-15-9-3-8-12-7-2-4-10(12)5-6-11(13)14/h10H,2-9H2,1H3,(H,13,14). The fourth-order valence-corrected chi connectivity index (χ4v) is 2.22. The van der Waals surface area contributed by atoms with Crippen molar-refractivity contribution in [3.63, 3.8) is 0 Å². The number of carbonyl (C=O) groups is 1. The maximum atomic E-state index is 10.5. The third-order valence-electron chi connectivity index (χ3n) is 2.98. The summed E-state index contributed by atoms with van der Waals surface area (Å²) in [7, 11) is 1.71. The van der Waals surface area contributed by atoms with Crippen LogP contribution in [0.4, 0.5) is 0 Å². The number of carboxylic acids is 1. The molecule has 4 heteroatoms. The second-order valence-electron chi connectivity index (χ2n) is 4.11. The van der Waals surface area contributed by atoms with Gasteiger partial charge < -0.3 is 14.7 Å². The van der Waals surface area contributed by atoms with Gasteiger partial charge in [0.2, 0.25) is 0 Å². The molecule has 0 spiro atoms. The Bertz CT molecular complexity index is 196. The highest BCUT2D eigenvalue weighted by Crippen LogP contribution is 2.21. The molecular formula is C11H21NO3. The van der Waals surface area contributed by atoms with Gasteiger partial charge in [0.25, 0.3) is 0 Å². The Morgan fingerprint density at radius 2 is 2.40 bits per heavy atom. The van der Waals surface area contributed by atoms with Crippen molar-refractivity contribution in [3.8, 4) is 0 Å². The number of methoxy groups -OCH3 is 1. The lowest BCUT2D eigenvalue weighted by atomic mass is 10.1. The summed E-state index contributed by atoms with van der Waals surface area (Å²) >= 11 is 0. The normalized spacial score (nSPS) is 22.1. The molecule has 1 unspecified atom stereocenters. The van der Waals surface area contributed by atoms with Gasteiger partial charge in [-0.2, -0.15) is 0 Å². The predicted octanol–water partition coefficient (Wildman–Crippen LogP) is 1.35. The van der Waals surface area contributed by atoms with Crippen molar-refractivity contribution in [2.75, 3.05) is 26.8 Å². The maximum Gasteiger partial charge on any atom is 0.303 e. The summed E-state index contributed by atoms with van der Waals surface area (Å²) in [6, 6.07) is 0.484. The highest BCUT2D eigenvalue weighted by Gasteiger charge is 2.23. The second-order valence-corrected chi connectivity index (χ2v) is 4.11. The SMILES string of the molecule is COCCCN1CCCC1CCC(=O)O. The monoisotopic (exact) mass is 215 g/mol. The molecule has 88 valence electrons. The summed E-state index contributed by atoms with van der Waals surface area (Å²) in [5.74, 6) is -0.682. The molecule has 1 aliphatic heterocycles. The molecule has 0 radical (unpaired) electrons. The number of likely N-dealkylation sites (tertiary alicyclic amines) is 1. The van der Waals surface area contributed by atoms with Gasteiger partial charge in [-0.1, -0.05) is 0 Å². The molecule has 0 aromatic rings. The van der Waals surface area contributed by atoms with Gasteiger partial charge in [-0.15, -0.1) is 0 Å². The summed E-state index contributed by atoms with van der Waals surface area (Å²) in [6.07, 6.45) is 4.49. The molecule has 0 amide bonds. The number of hydrogen-bond donors (Lipinski definition) is 1. The average molecular weight is 215 g/mol. The van der Waals surface area contributed by atoms with Gasteiger partial charge in [-0.3, -0.25) is 4.79 Å². The predicted molar refractivity (Wildman–Crippen MR) is 58.0 cm³/mol. The Balaban J connectivity index is 2.20. The van der Waals surface area contributed by atoms with Crippen LogP contribution >= 0.6 is 0 Å². The lowest BCUT2D eigenvalue weighted by molar-refractivity contribution is -0.137. The number of ether oxygens (including phenoxy) is 1. The van der Waals surface area contributed by atoms with Crippen molar-refractivity contribution in [2.45, 2.75) is 38.1 Å². The van der Waals surface area contributed by atoms with E-state index in [2.05, 4.69) is 4.90 Å². The zero-order valence-electron chi connectivity index (χ0n) is 9.45. The number of nitrogens with zero attached hydrogens (tertiary/aromatic N) is 1. The Labute approximate surface area is 91.2 Å². The average Bonchev–Trinajstić information content (AvgIpc) is 2.63. The minimum Gasteiger partial charge on any atom is -0.481 e. The maximum absolute atomic E-state index is 10.5. The zero-order valence-corrected chi connectivity index (χ0v) is 9.45. The minimum atomic E-state index is -0.682. The fourth-order valence-electron chi connectivity index (χ4n) is 2.22. The lowest BCUT2D eigenvalue weighted by Gasteiger charge is -2.23. The van der Waals surface area contributed by atoms with Crippen molar-refractivity contribution in [1.29, 1.82) is 0 Å². The van der Waals surface area contributed by atoms with Crippen LogP contribution in [0.5, 0.6) is 0 Å². The third kappa shape index (κ3) is 4.62. The summed E-state index contributed by atoms with van der Waals surface area (Å²) in [4.78, 5) is 12.9. The molecule has 15 heavy (non-hydrogen) atoms. The molecule has 0 aromatic heterocycles. The van der Waals surface area contributed by atoms with Gasteiger partial charge >= 0.3 is 5.97 Å². The van der Waals surface area contributed by atoms with E-state index in [1.54, 1.807) is 7.11 Å². The molecule has 0 aromatic carbocycles. The molecule has 1 N–H and O–H groups in total. The molecule has 0 saturated carbocycles. The van der Waals surface area contributed by atoms with E-state index in [9.17, 15) is 4.79 Å². The Morgan fingerprint density at radius 3 is 3.07 bits per heavy atom. The van der Waals surface area contributed by atoms with Crippen molar-refractivity contribution in [1.82, 2.24) is 4.90 Å². The largest absolute Gasteiger partial charge is 0.481 e. The van der Waals surface area contributed by atoms with E-state index < -0.39 is 5.97 Å². The van der Waals surface area contributed by atoms with Crippen LogP contribution in [0.1, 0.15) is 32.1 Å². The molecule has 1 rings (SSSR count). The van der Waals surface area contributed by atoms with Gasteiger partial charge in [-0.05, 0) is 32.2 Å². The first-order chi connectivity index (χ1) is 7.24. The molecule has 1 fully saturated rings. The Hall–Kier alpha value is -0.610. The van der Waals surface area contributed by atoms with E-state index in [-0.39, 0.29) is 0 Å². The fraction of sp³-hybridized carbons (Fsp3) is 0.909. The van der Waals surface area contributed by atoms with Gasteiger partial charge in [0.05, 0.1) is 0 Å². The first-order valence-electron chi connectivity index (χ1n) is 5.69. The minimum absolute atomic E-state index is 0.297. The summed E-state index contributed by atoms with van der Waals surface area (Å²) in [6.45, 7) is 2.95. The third-order valence-corrected chi connectivity index (χ3v) is 2.98. The number of carboxylic acid groups (broad SMARTS) is 1. The van der Waals surface area contributed by atoms with Crippen LogP contribution in [0.2, 0.25) is 0 Å². The van der Waals surface area contributed by atoms with Crippen LogP contribution in [0.3, 0.4) is 0 Å².